The van der Waals surface area contributed by atoms with Crippen LogP contribution in [0.4, 0.5) is 5.69 Å². The standard InChI is InChI=1S/C13H13NO5.C3H8O3S/c1-6(2)11(15)14-9-5-4-8(12(16)17)7(3)10(9)13(18)19;1-2-3-7(4,5)6/h4-5H,1H2,2-3H3,(H,14,15)(H,16,17)(H,18,19);2-3H2,1H3,(H,4,5,6). The summed E-state index contributed by atoms with van der Waals surface area (Å²) in [5, 5.41) is 20.5. The number of hydrogen-bond donors (Lipinski definition) is 4. The lowest BCUT2D eigenvalue weighted by atomic mass is 10.00. The van der Waals surface area contributed by atoms with Crippen LogP contribution in [-0.4, -0.2) is 46.8 Å². The Morgan fingerprint density at radius 2 is 1.69 bits per heavy atom. The molecule has 0 saturated heterocycles. The molecular formula is C16H21NO8S. The molecule has 10 heteroatoms. The maximum Gasteiger partial charge on any atom is 0.338 e. The average molecular weight is 387 g/mol. The van der Waals surface area contributed by atoms with Gasteiger partial charge >= 0.3 is 11.9 Å². The molecule has 1 rings (SSSR count). The van der Waals surface area contributed by atoms with Gasteiger partial charge in [0.2, 0.25) is 0 Å². The molecule has 9 nitrogen and oxygen atoms in total. The molecule has 4 N–H and O–H groups in total. The van der Waals surface area contributed by atoms with E-state index in [4.69, 9.17) is 14.8 Å². The van der Waals surface area contributed by atoms with E-state index in [0.29, 0.717) is 6.42 Å². The van der Waals surface area contributed by atoms with E-state index in [2.05, 4.69) is 11.9 Å². The molecule has 144 valence electrons. The summed E-state index contributed by atoms with van der Waals surface area (Å²) in [6, 6.07) is 2.50. The van der Waals surface area contributed by atoms with Crippen LogP contribution in [0.25, 0.3) is 0 Å². The van der Waals surface area contributed by atoms with Crippen LogP contribution in [0, 0.1) is 6.92 Å². The third-order valence-corrected chi connectivity index (χ3v) is 3.93. The monoisotopic (exact) mass is 387 g/mol. The van der Waals surface area contributed by atoms with E-state index in [1.807, 2.05) is 0 Å². The zero-order valence-corrected chi connectivity index (χ0v) is 15.4. The van der Waals surface area contributed by atoms with Gasteiger partial charge in [0.05, 0.1) is 22.6 Å². The van der Waals surface area contributed by atoms with Crippen molar-refractivity contribution in [1.82, 2.24) is 0 Å². The summed E-state index contributed by atoms with van der Waals surface area (Å²) >= 11 is 0. The van der Waals surface area contributed by atoms with Gasteiger partial charge in [-0.1, -0.05) is 13.5 Å². The van der Waals surface area contributed by atoms with Crippen molar-refractivity contribution < 1.29 is 37.6 Å². The van der Waals surface area contributed by atoms with E-state index < -0.39 is 28.0 Å². The second-order valence-electron chi connectivity index (χ2n) is 5.29. The highest BCUT2D eigenvalue weighted by atomic mass is 32.2. The number of carbonyl (C=O) groups is 3. The molecule has 26 heavy (non-hydrogen) atoms. The van der Waals surface area contributed by atoms with Crippen LogP contribution < -0.4 is 5.32 Å². The first-order chi connectivity index (χ1) is 11.8. The van der Waals surface area contributed by atoms with Crippen LogP contribution in [0.1, 0.15) is 46.5 Å². The first-order valence-corrected chi connectivity index (χ1v) is 8.94. The highest BCUT2D eigenvalue weighted by Gasteiger charge is 2.20. The molecule has 1 aromatic rings. The molecule has 0 saturated carbocycles. The van der Waals surface area contributed by atoms with Gasteiger partial charge in [0.1, 0.15) is 0 Å². The molecule has 0 heterocycles. The lowest BCUT2D eigenvalue weighted by molar-refractivity contribution is -0.112. The molecule has 0 spiro atoms. The molecule has 0 bridgehead atoms. The zero-order valence-electron chi connectivity index (χ0n) is 14.6. The molecule has 1 amide bonds. The van der Waals surface area contributed by atoms with Crippen molar-refractivity contribution in [3.05, 3.63) is 41.0 Å². The maximum absolute atomic E-state index is 11.5. The van der Waals surface area contributed by atoms with E-state index >= 15 is 0 Å². The van der Waals surface area contributed by atoms with Gasteiger partial charge in [-0.25, -0.2) is 9.59 Å². The summed E-state index contributed by atoms with van der Waals surface area (Å²) in [6.07, 6.45) is 0.471. The van der Waals surface area contributed by atoms with Gasteiger partial charge in [-0.2, -0.15) is 8.42 Å². The van der Waals surface area contributed by atoms with Gasteiger partial charge in [-0.3, -0.25) is 9.35 Å². The summed E-state index contributed by atoms with van der Waals surface area (Å²) in [7, 11) is -3.67. The van der Waals surface area contributed by atoms with Crippen LogP contribution in [-0.2, 0) is 14.9 Å². The van der Waals surface area contributed by atoms with Gasteiger partial charge in [-0.15, -0.1) is 0 Å². The fraction of sp³-hybridized carbons (Fsp3) is 0.312. The lowest BCUT2D eigenvalue weighted by Crippen LogP contribution is -2.17. The van der Waals surface area contributed by atoms with Gasteiger partial charge in [0.25, 0.3) is 16.0 Å². The summed E-state index contributed by atoms with van der Waals surface area (Å²) in [4.78, 5) is 33.6. The van der Waals surface area contributed by atoms with Crippen LogP contribution in [0.15, 0.2) is 24.3 Å². The Morgan fingerprint density at radius 1 is 1.15 bits per heavy atom. The molecule has 0 radical (unpaired) electrons. The molecule has 0 aliphatic heterocycles. The Morgan fingerprint density at radius 3 is 2.00 bits per heavy atom. The fourth-order valence-electron chi connectivity index (χ4n) is 1.81. The summed E-state index contributed by atoms with van der Waals surface area (Å²) in [6.45, 7) is 7.99. The highest BCUT2D eigenvalue weighted by Crippen LogP contribution is 2.23. The number of anilines is 1. The molecule has 0 aliphatic carbocycles. The number of hydrogen-bond acceptors (Lipinski definition) is 5. The van der Waals surface area contributed by atoms with Crippen LogP contribution in [0.5, 0.6) is 0 Å². The normalized spacial score (nSPS) is 10.3. The zero-order chi connectivity index (χ0) is 20.7. The number of carboxylic acid groups (broad SMARTS) is 2. The predicted molar refractivity (Wildman–Crippen MR) is 95.2 cm³/mol. The smallest absolute Gasteiger partial charge is 0.338 e. The molecular weight excluding hydrogens is 366 g/mol. The second-order valence-corrected chi connectivity index (χ2v) is 6.86. The van der Waals surface area contributed by atoms with Crippen LogP contribution >= 0.6 is 0 Å². The number of rotatable bonds is 6. The minimum Gasteiger partial charge on any atom is -0.478 e. The molecule has 1 aromatic carbocycles. The Balaban J connectivity index is 0.000000758. The Bertz CT molecular complexity index is 827. The highest BCUT2D eigenvalue weighted by molar-refractivity contribution is 7.85. The van der Waals surface area contributed by atoms with E-state index in [-0.39, 0.29) is 33.7 Å². The van der Waals surface area contributed by atoms with Crippen molar-refractivity contribution in [3.8, 4) is 0 Å². The van der Waals surface area contributed by atoms with Crippen molar-refractivity contribution in [2.75, 3.05) is 11.1 Å². The molecule has 0 unspecified atom stereocenters. The topological polar surface area (TPSA) is 158 Å². The van der Waals surface area contributed by atoms with Gasteiger partial charge in [0, 0.05) is 5.57 Å². The molecule has 0 fully saturated rings. The van der Waals surface area contributed by atoms with Crippen molar-refractivity contribution in [2.24, 2.45) is 0 Å². The van der Waals surface area contributed by atoms with Crippen LogP contribution in [0.3, 0.4) is 0 Å². The Labute approximate surface area is 151 Å². The predicted octanol–water partition coefficient (Wildman–Crippen LogP) is 2.19. The number of benzene rings is 1. The fourth-order valence-corrected chi connectivity index (χ4v) is 2.33. The Hall–Kier alpha value is -2.72. The SMILES string of the molecule is C=C(C)C(=O)Nc1ccc(C(=O)O)c(C)c1C(=O)O.CCCS(=O)(=O)O. The summed E-state index contributed by atoms with van der Waals surface area (Å²) < 4.78 is 27.6. The first kappa shape index (κ1) is 23.3. The van der Waals surface area contributed by atoms with E-state index in [9.17, 15) is 22.8 Å². The van der Waals surface area contributed by atoms with E-state index in [1.165, 1.54) is 26.0 Å². The summed E-state index contributed by atoms with van der Waals surface area (Å²) in [5.74, 6) is -3.19. The largest absolute Gasteiger partial charge is 0.478 e. The first-order valence-electron chi connectivity index (χ1n) is 7.34. The molecule has 0 aromatic heterocycles. The van der Waals surface area contributed by atoms with Gasteiger partial charge in [0.15, 0.2) is 0 Å². The minimum atomic E-state index is -3.67. The van der Waals surface area contributed by atoms with Gasteiger partial charge < -0.3 is 15.5 Å². The molecule has 0 aliphatic rings. The average Bonchev–Trinajstić information content (AvgIpc) is 2.45. The third kappa shape index (κ3) is 7.45. The van der Waals surface area contributed by atoms with Crippen LogP contribution in [0.2, 0.25) is 0 Å². The van der Waals surface area contributed by atoms with E-state index in [1.54, 1.807) is 6.92 Å². The number of amides is 1. The van der Waals surface area contributed by atoms with E-state index in [0.717, 1.165) is 0 Å². The number of nitrogens with one attached hydrogen (secondary N) is 1. The minimum absolute atomic E-state index is 0.0444. The third-order valence-electron chi connectivity index (χ3n) is 3.01. The number of carboxylic acids is 2. The quantitative estimate of drug-likeness (QED) is 0.427. The van der Waals surface area contributed by atoms with Crippen molar-refractivity contribution in [1.29, 1.82) is 0 Å². The Kier molecular flexibility index (Phi) is 8.67. The van der Waals surface area contributed by atoms with Crippen molar-refractivity contribution >= 4 is 33.7 Å². The van der Waals surface area contributed by atoms with Crippen molar-refractivity contribution in [3.63, 3.8) is 0 Å². The number of aromatic carboxylic acids is 2. The number of carbonyl (C=O) groups excluding carboxylic acids is 1. The maximum atomic E-state index is 11.5. The lowest BCUT2D eigenvalue weighted by Gasteiger charge is -2.12. The molecule has 0 atom stereocenters. The van der Waals surface area contributed by atoms with Crippen molar-refractivity contribution in [2.45, 2.75) is 27.2 Å². The summed E-state index contributed by atoms with van der Waals surface area (Å²) in [5.41, 5.74) is -0.0148. The van der Waals surface area contributed by atoms with Gasteiger partial charge in [-0.05, 0) is 38.0 Å². The second kappa shape index (κ2) is 9.68.